The van der Waals surface area contributed by atoms with Crippen molar-refractivity contribution in [2.75, 3.05) is 19.7 Å². The molecule has 0 aliphatic carbocycles. The van der Waals surface area contributed by atoms with Crippen molar-refractivity contribution in [2.45, 2.75) is 26.0 Å². The highest BCUT2D eigenvalue weighted by Gasteiger charge is 2.25. The molecule has 1 N–H and O–H groups in total. The molecule has 1 aliphatic rings. The Morgan fingerprint density at radius 3 is 3.09 bits per heavy atom. The topological polar surface area (TPSA) is 66.9 Å². The highest BCUT2D eigenvalue weighted by Crippen LogP contribution is 2.25. The molecule has 0 radical (unpaired) electrons. The fraction of sp³-hybridized carbons (Fsp3) is 0.438. The van der Waals surface area contributed by atoms with Crippen LogP contribution in [0, 0.1) is 0 Å². The minimum absolute atomic E-state index is 0.0605. The van der Waals surface area contributed by atoms with E-state index in [0.29, 0.717) is 6.61 Å². The summed E-state index contributed by atoms with van der Waals surface area (Å²) in [6.07, 6.45) is 0.796. The van der Waals surface area contributed by atoms with Gasteiger partial charge in [0.15, 0.2) is 5.82 Å². The first-order valence-electron chi connectivity index (χ1n) is 7.91. The van der Waals surface area contributed by atoms with Crippen molar-refractivity contribution >= 4 is 21.6 Å². The van der Waals surface area contributed by atoms with Crippen LogP contribution >= 0.6 is 11.3 Å². The molecule has 3 heterocycles. The van der Waals surface area contributed by atoms with Crippen LogP contribution < -0.4 is 0 Å². The largest absolute Gasteiger partial charge is 0.367 e. The number of hydrogen-bond donors (Lipinski definition) is 1. The summed E-state index contributed by atoms with van der Waals surface area (Å²) in [6, 6.07) is 8.28. The number of aromatic amines is 1. The third kappa shape index (κ3) is 3.12. The van der Waals surface area contributed by atoms with E-state index in [1.165, 1.54) is 4.70 Å². The van der Waals surface area contributed by atoms with Gasteiger partial charge in [-0.25, -0.2) is 9.97 Å². The molecule has 0 amide bonds. The van der Waals surface area contributed by atoms with Crippen LogP contribution in [0.2, 0.25) is 0 Å². The Morgan fingerprint density at radius 2 is 2.26 bits per heavy atom. The van der Waals surface area contributed by atoms with Crippen molar-refractivity contribution in [3.05, 3.63) is 40.9 Å². The van der Waals surface area contributed by atoms with E-state index in [9.17, 15) is 0 Å². The summed E-state index contributed by atoms with van der Waals surface area (Å²) in [7, 11) is 0. The lowest BCUT2D eigenvalue weighted by molar-refractivity contribution is -0.0370. The van der Waals surface area contributed by atoms with E-state index in [1.54, 1.807) is 11.3 Å². The van der Waals surface area contributed by atoms with Gasteiger partial charge in [0.25, 0.3) is 0 Å². The summed E-state index contributed by atoms with van der Waals surface area (Å²) in [5.74, 6) is 1.67. The lowest BCUT2D eigenvalue weighted by Crippen LogP contribution is -2.38. The number of nitrogens with zero attached hydrogens (tertiary/aromatic N) is 4. The minimum Gasteiger partial charge on any atom is -0.367 e. The number of aromatic nitrogens is 4. The van der Waals surface area contributed by atoms with Crippen molar-refractivity contribution < 1.29 is 4.74 Å². The number of aryl methyl sites for hydroxylation is 1. The van der Waals surface area contributed by atoms with Crippen LogP contribution in [0.15, 0.2) is 24.3 Å². The lowest BCUT2D eigenvalue weighted by atomic mass is 10.2. The van der Waals surface area contributed by atoms with E-state index in [1.807, 2.05) is 6.07 Å². The molecule has 1 atom stereocenters. The molecule has 1 aromatic carbocycles. The number of thiazole rings is 1. The predicted octanol–water partition coefficient (Wildman–Crippen LogP) is 2.55. The van der Waals surface area contributed by atoms with E-state index in [2.05, 4.69) is 45.2 Å². The molecule has 7 heteroatoms. The van der Waals surface area contributed by atoms with Crippen molar-refractivity contribution in [3.63, 3.8) is 0 Å². The fourth-order valence-corrected chi connectivity index (χ4v) is 3.80. The standard InChI is InChI=1S/C16H19N5OS/c1-2-14-18-16(20-19-14)12-9-21(7-8-22-12)10-15-17-11-5-3-4-6-13(11)23-15/h3-6,12H,2,7-10H2,1H3,(H,18,19,20). The molecule has 1 unspecified atom stereocenters. The predicted molar refractivity (Wildman–Crippen MR) is 89.4 cm³/mol. The normalized spacial score (nSPS) is 19.4. The zero-order valence-corrected chi connectivity index (χ0v) is 13.8. The molecule has 23 heavy (non-hydrogen) atoms. The number of hydrogen-bond acceptors (Lipinski definition) is 6. The van der Waals surface area contributed by atoms with Gasteiger partial charge in [0, 0.05) is 19.5 Å². The summed E-state index contributed by atoms with van der Waals surface area (Å²) >= 11 is 1.76. The zero-order valence-electron chi connectivity index (χ0n) is 13.0. The van der Waals surface area contributed by atoms with Gasteiger partial charge in [-0.15, -0.1) is 11.3 Å². The summed E-state index contributed by atoms with van der Waals surface area (Å²) in [5, 5.41) is 8.40. The Bertz CT molecular complexity index is 765. The van der Waals surface area contributed by atoms with Gasteiger partial charge in [0.2, 0.25) is 0 Å². The molecule has 6 nitrogen and oxygen atoms in total. The van der Waals surface area contributed by atoms with Crippen molar-refractivity contribution in [1.29, 1.82) is 0 Å². The Labute approximate surface area is 138 Å². The van der Waals surface area contributed by atoms with Crippen LogP contribution in [-0.4, -0.2) is 44.8 Å². The lowest BCUT2D eigenvalue weighted by Gasteiger charge is -2.30. The first kappa shape index (κ1) is 14.7. The fourth-order valence-electron chi connectivity index (χ4n) is 2.79. The van der Waals surface area contributed by atoms with Gasteiger partial charge >= 0.3 is 0 Å². The van der Waals surface area contributed by atoms with E-state index in [0.717, 1.165) is 48.2 Å². The SMILES string of the molecule is CCc1nc(C2CN(Cc3nc4ccccc4s3)CCO2)n[nH]1. The van der Waals surface area contributed by atoms with E-state index >= 15 is 0 Å². The molecule has 1 fully saturated rings. The number of fused-ring (bicyclic) bond motifs is 1. The average Bonchev–Trinajstić information content (AvgIpc) is 3.21. The van der Waals surface area contributed by atoms with Crippen molar-refractivity contribution in [3.8, 4) is 0 Å². The molecule has 2 aromatic heterocycles. The van der Waals surface area contributed by atoms with Gasteiger partial charge in [-0.2, -0.15) is 5.10 Å². The van der Waals surface area contributed by atoms with E-state index in [-0.39, 0.29) is 6.10 Å². The summed E-state index contributed by atoms with van der Waals surface area (Å²) in [6.45, 7) is 5.33. The minimum atomic E-state index is -0.0605. The third-order valence-electron chi connectivity index (χ3n) is 4.02. The molecular formula is C16H19N5OS. The first-order chi connectivity index (χ1) is 11.3. The molecule has 4 rings (SSSR count). The average molecular weight is 329 g/mol. The summed E-state index contributed by atoms with van der Waals surface area (Å²) < 4.78 is 7.09. The van der Waals surface area contributed by atoms with Crippen molar-refractivity contribution in [1.82, 2.24) is 25.1 Å². The number of rotatable bonds is 4. The molecular weight excluding hydrogens is 310 g/mol. The number of nitrogens with one attached hydrogen (secondary N) is 1. The number of benzene rings is 1. The number of ether oxygens (including phenoxy) is 1. The van der Waals surface area contributed by atoms with Crippen LogP contribution in [-0.2, 0) is 17.7 Å². The highest BCUT2D eigenvalue weighted by atomic mass is 32.1. The smallest absolute Gasteiger partial charge is 0.180 e. The zero-order chi connectivity index (χ0) is 15.6. The number of morpholine rings is 1. The van der Waals surface area contributed by atoms with E-state index < -0.39 is 0 Å². The Morgan fingerprint density at radius 1 is 1.35 bits per heavy atom. The second-order valence-corrected chi connectivity index (χ2v) is 6.78. The molecule has 1 aliphatic heterocycles. The van der Waals surface area contributed by atoms with Crippen molar-refractivity contribution in [2.24, 2.45) is 0 Å². The number of H-pyrrole nitrogens is 1. The second-order valence-electron chi connectivity index (χ2n) is 5.66. The number of para-hydroxylation sites is 1. The maximum atomic E-state index is 5.85. The third-order valence-corrected chi connectivity index (χ3v) is 5.04. The molecule has 0 bridgehead atoms. The van der Waals surface area contributed by atoms with Gasteiger partial charge in [-0.05, 0) is 12.1 Å². The Balaban J connectivity index is 1.46. The summed E-state index contributed by atoms with van der Waals surface area (Å²) in [4.78, 5) is 11.6. The molecule has 3 aromatic rings. The van der Waals surface area contributed by atoms with Gasteiger partial charge < -0.3 is 4.74 Å². The van der Waals surface area contributed by atoms with Crippen LogP contribution in [0.4, 0.5) is 0 Å². The van der Waals surface area contributed by atoms with Gasteiger partial charge in [0.1, 0.15) is 16.9 Å². The summed E-state index contributed by atoms with van der Waals surface area (Å²) in [5.41, 5.74) is 1.08. The maximum Gasteiger partial charge on any atom is 0.180 e. The molecule has 1 saturated heterocycles. The monoisotopic (exact) mass is 329 g/mol. The van der Waals surface area contributed by atoms with E-state index in [4.69, 9.17) is 9.72 Å². The molecule has 120 valence electrons. The molecule has 0 spiro atoms. The second kappa shape index (κ2) is 6.35. The Hall–Kier alpha value is -1.83. The van der Waals surface area contributed by atoms with Crippen LogP contribution in [0.5, 0.6) is 0 Å². The quantitative estimate of drug-likeness (QED) is 0.797. The van der Waals surface area contributed by atoms with Crippen LogP contribution in [0.25, 0.3) is 10.2 Å². The van der Waals surface area contributed by atoms with Crippen LogP contribution in [0.3, 0.4) is 0 Å². The van der Waals surface area contributed by atoms with Gasteiger partial charge in [-0.3, -0.25) is 10.00 Å². The van der Waals surface area contributed by atoms with Crippen LogP contribution in [0.1, 0.15) is 29.7 Å². The first-order valence-corrected chi connectivity index (χ1v) is 8.73. The van der Waals surface area contributed by atoms with Gasteiger partial charge in [0.05, 0.1) is 23.4 Å². The maximum absolute atomic E-state index is 5.85. The Kier molecular flexibility index (Phi) is 4.07. The highest BCUT2D eigenvalue weighted by molar-refractivity contribution is 7.18. The molecule has 0 saturated carbocycles. The van der Waals surface area contributed by atoms with Gasteiger partial charge in [-0.1, -0.05) is 19.1 Å².